The third-order valence-corrected chi connectivity index (χ3v) is 3.51. The predicted molar refractivity (Wildman–Crippen MR) is 70.2 cm³/mol. The van der Waals surface area contributed by atoms with Gasteiger partial charge in [-0.1, -0.05) is 0 Å². The van der Waals surface area contributed by atoms with Crippen LogP contribution in [0.4, 0.5) is 5.13 Å². The molecule has 0 unspecified atom stereocenters. The van der Waals surface area contributed by atoms with Crippen molar-refractivity contribution in [3.63, 3.8) is 0 Å². The highest BCUT2D eigenvalue weighted by atomic mass is 32.1. The molecule has 17 heavy (non-hydrogen) atoms. The molecule has 92 valence electrons. The Morgan fingerprint density at radius 3 is 2.94 bits per heavy atom. The second-order valence-corrected chi connectivity index (χ2v) is 5.11. The molecular weight excluding hydrogens is 234 g/mol. The zero-order valence-electron chi connectivity index (χ0n) is 10.3. The van der Waals surface area contributed by atoms with E-state index in [9.17, 15) is 0 Å². The minimum Gasteiger partial charge on any atom is -0.347 e. The largest absolute Gasteiger partial charge is 0.347 e. The highest BCUT2D eigenvalue weighted by molar-refractivity contribution is 7.15. The molecule has 0 aromatic carbocycles. The Balaban J connectivity index is 2.01. The lowest BCUT2D eigenvalue weighted by Gasteiger charge is -2.13. The molecule has 1 N–H and O–H groups in total. The van der Waals surface area contributed by atoms with Gasteiger partial charge in [0.15, 0.2) is 5.13 Å². The minimum atomic E-state index is 0.834. The maximum atomic E-state index is 4.41. The van der Waals surface area contributed by atoms with Gasteiger partial charge in [-0.15, -0.1) is 11.3 Å². The summed E-state index contributed by atoms with van der Waals surface area (Å²) in [5.74, 6) is 0. The number of thiazole rings is 1. The van der Waals surface area contributed by atoms with E-state index in [4.69, 9.17) is 0 Å². The highest BCUT2D eigenvalue weighted by Crippen LogP contribution is 2.22. The van der Waals surface area contributed by atoms with E-state index in [0.29, 0.717) is 0 Å². The summed E-state index contributed by atoms with van der Waals surface area (Å²) >= 11 is 1.72. The lowest BCUT2D eigenvalue weighted by molar-refractivity contribution is 0.766. The lowest BCUT2D eigenvalue weighted by atomic mass is 10.3. The van der Waals surface area contributed by atoms with Crippen LogP contribution in [-0.2, 0) is 20.1 Å². The Morgan fingerprint density at radius 2 is 2.29 bits per heavy atom. The van der Waals surface area contributed by atoms with Gasteiger partial charge in [-0.05, 0) is 7.05 Å². The van der Waals surface area contributed by atoms with Crippen LogP contribution in [-0.4, -0.2) is 28.9 Å². The standard InChI is InChI=1S/C11H17N5S/c1-12-5-10-6-13-11(17-10)15(2)7-9-4-14-16(3)8-9/h4,6,8,12H,5,7H2,1-3H3. The van der Waals surface area contributed by atoms with Gasteiger partial charge in [-0.2, -0.15) is 5.10 Å². The maximum absolute atomic E-state index is 4.41. The third kappa shape index (κ3) is 3.04. The van der Waals surface area contributed by atoms with Gasteiger partial charge in [-0.25, -0.2) is 4.98 Å². The normalized spacial score (nSPS) is 10.8. The summed E-state index contributed by atoms with van der Waals surface area (Å²) in [6.45, 7) is 1.71. The molecule has 0 saturated heterocycles. The molecule has 0 aliphatic heterocycles. The summed E-state index contributed by atoms with van der Waals surface area (Å²) in [5, 5.41) is 8.33. The zero-order valence-corrected chi connectivity index (χ0v) is 11.2. The Kier molecular flexibility index (Phi) is 3.75. The van der Waals surface area contributed by atoms with Gasteiger partial charge in [-0.3, -0.25) is 4.68 Å². The van der Waals surface area contributed by atoms with Crippen molar-refractivity contribution in [2.45, 2.75) is 13.1 Å². The van der Waals surface area contributed by atoms with Crippen molar-refractivity contribution in [2.24, 2.45) is 7.05 Å². The van der Waals surface area contributed by atoms with Crippen LogP contribution in [0.5, 0.6) is 0 Å². The number of nitrogens with one attached hydrogen (secondary N) is 1. The lowest BCUT2D eigenvalue weighted by Crippen LogP contribution is -2.15. The summed E-state index contributed by atoms with van der Waals surface area (Å²) in [6, 6.07) is 0. The van der Waals surface area contributed by atoms with Gasteiger partial charge in [0, 0.05) is 50.0 Å². The summed E-state index contributed by atoms with van der Waals surface area (Å²) < 4.78 is 1.82. The average molecular weight is 251 g/mol. The fraction of sp³-hybridized carbons (Fsp3) is 0.455. The van der Waals surface area contributed by atoms with Gasteiger partial charge in [0.05, 0.1) is 6.20 Å². The third-order valence-electron chi connectivity index (χ3n) is 2.40. The van der Waals surface area contributed by atoms with Gasteiger partial charge >= 0.3 is 0 Å². The van der Waals surface area contributed by atoms with E-state index in [-0.39, 0.29) is 0 Å². The number of hydrogen-bond acceptors (Lipinski definition) is 5. The molecular formula is C11H17N5S. The molecule has 0 bridgehead atoms. The predicted octanol–water partition coefficient (Wildman–Crippen LogP) is 1.23. The van der Waals surface area contributed by atoms with Crippen molar-refractivity contribution in [1.82, 2.24) is 20.1 Å². The first-order chi connectivity index (χ1) is 8.19. The average Bonchev–Trinajstić information content (AvgIpc) is 2.88. The first-order valence-corrected chi connectivity index (χ1v) is 6.28. The van der Waals surface area contributed by atoms with Crippen molar-refractivity contribution >= 4 is 16.5 Å². The van der Waals surface area contributed by atoms with Gasteiger partial charge in [0.1, 0.15) is 0 Å². The molecule has 2 aromatic heterocycles. The number of anilines is 1. The minimum absolute atomic E-state index is 0.834. The van der Waals surface area contributed by atoms with E-state index >= 15 is 0 Å². The fourth-order valence-electron chi connectivity index (χ4n) is 1.62. The molecule has 6 heteroatoms. The van der Waals surface area contributed by atoms with E-state index in [1.54, 1.807) is 11.3 Å². The van der Waals surface area contributed by atoms with E-state index in [2.05, 4.69) is 27.3 Å². The first kappa shape index (κ1) is 12.1. The summed E-state index contributed by atoms with van der Waals surface area (Å²) in [5.41, 5.74) is 1.19. The quantitative estimate of drug-likeness (QED) is 0.868. The molecule has 0 aliphatic rings. The van der Waals surface area contributed by atoms with Crippen molar-refractivity contribution in [3.8, 4) is 0 Å². The highest BCUT2D eigenvalue weighted by Gasteiger charge is 2.08. The zero-order chi connectivity index (χ0) is 12.3. The molecule has 0 amide bonds. The fourth-order valence-corrected chi connectivity index (χ4v) is 2.51. The van der Waals surface area contributed by atoms with Crippen molar-refractivity contribution in [2.75, 3.05) is 19.0 Å². The van der Waals surface area contributed by atoms with E-state index < -0.39 is 0 Å². The number of rotatable bonds is 5. The molecule has 2 rings (SSSR count). The van der Waals surface area contributed by atoms with E-state index in [1.165, 1.54) is 10.4 Å². The monoisotopic (exact) mass is 251 g/mol. The van der Waals surface area contributed by atoms with Gasteiger partial charge in [0.25, 0.3) is 0 Å². The van der Waals surface area contributed by atoms with Gasteiger partial charge < -0.3 is 10.2 Å². The molecule has 2 aromatic rings. The molecule has 0 atom stereocenters. The van der Waals surface area contributed by atoms with Crippen LogP contribution in [0.1, 0.15) is 10.4 Å². The van der Waals surface area contributed by atoms with Crippen LogP contribution in [0, 0.1) is 0 Å². The number of nitrogens with zero attached hydrogens (tertiary/aromatic N) is 4. The topological polar surface area (TPSA) is 46.0 Å². The summed E-state index contributed by atoms with van der Waals surface area (Å²) in [4.78, 5) is 7.81. The molecule has 0 saturated carbocycles. The van der Waals surface area contributed by atoms with E-state index in [0.717, 1.165) is 18.2 Å². The van der Waals surface area contributed by atoms with Crippen LogP contribution in [0.2, 0.25) is 0 Å². The van der Waals surface area contributed by atoms with Gasteiger partial charge in [0.2, 0.25) is 0 Å². The summed E-state index contributed by atoms with van der Waals surface area (Å²) in [7, 11) is 5.92. The van der Waals surface area contributed by atoms with Crippen LogP contribution >= 0.6 is 11.3 Å². The number of aryl methyl sites for hydroxylation is 1. The molecule has 0 aliphatic carbocycles. The van der Waals surface area contributed by atoms with Crippen LogP contribution < -0.4 is 10.2 Å². The first-order valence-electron chi connectivity index (χ1n) is 5.47. The summed E-state index contributed by atoms with van der Waals surface area (Å²) in [6.07, 6.45) is 5.84. The van der Waals surface area contributed by atoms with Crippen LogP contribution in [0.15, 0.2) is 18.6 Å². The Hall–Kier alpha value is -1.40. The Morgan fingerprint density at radius 1 is 1.47 bits per heavy atom. The SMILES string of the molecule is CNCc1cnc(N(C)Cc2cnn(C)c2)s1. The second kappa shape index (κ2) is 5.29. The molecule has 0 fully saturated rings. The second-order valence-electron chi connectivity index (χ2n) is 4.02. The van der Waals surface area contributed by atoms with Crippen LogP contribution in [0.25, 0.3) is 0 Å². The number of aromatic nitrogens is 3. The van der Waals surface area contributed by atoms with Crippen molar-refractivity contribution < 1.29 is 0 Å². The molecule has 5 nitrogen and oxygen atoms in total. The molecule has 2 heterocycles. The smallest absolute Gasteiger partial charge is 0.185 e. The van der Waals surface area contributed by atoms with Crippen molar-refractivity contribution in [3.05, 3.63) is 29.0 Å². The van der Waals surface area contributed by atoms with Crippen molar-refractivity contribution in [1.29, 1.82) is 0 Å². The molecule has 0 spiro atoms. The number of hydrogen-bond donors (Lipinski definition) is 1. The Bertz CT molecular complexity index is 476. The van der Waals surface area contributed by atoms with Crippen LogP contribution in [0.3, 0.4) is 0 Å². The maximum Gasteiger partial charge on any atom is 0.185 e. The Labute approximate surface area is 105 Å². The van der Waals surface area contributed by atoms with E-state index in [1.807, 2.05) is 37.4 Å². The molecule has 0 radical (unpaired) electrons.